The van der Waals surface area contributed by atoms with Crippen LogP contribution in [0.5, 0.6) is 0 Å². The summed E-state index contributed by atoms with van der Waals surface area (Å²) in [5.74, 6) is -0.672. The van der Waals surface area contributed by atoms with Gasteiger partial charge in [0.2, 0.25) is 5.95 Å². The molecule has 0 saturated heterocycles. The lowest BCUT2D eigenvalue weighted by Crippen LogP contribution is -1.79. The third kappa shape index (κ3) is 0.954. The van der Waals surface area contributed by atoms with E-state index in [1.807, 2.05) is 0 Å². The minimum absolute atomic E-state index is 0.0313. The average Bonchev–Trinajstić information content (AvgIpc) is 1.77. The number of pyridine rings is 1. The van der Waals surface area contributed by atoms with Crippen molar-refractivity contribution in [3.63, 3.8) is 0 Å². The van der Waals surface area contributed by atoms with Crippen molar-refractivity contribution in [2.24, 2.45) is 0 Å². The van der Waals surface area contributed by atoms with Gasteiger partial charge >= 0.3 is 0 Å². The Bertz CT molecular complexity index is 169. The Morgan fingerprint density at radius 2 is 2.50 bits per heavy atom. The molecule has 0 aliphatic heterocycles. The van der Waals surface area contributed by atoms with Crippen LogP contribution < -0.4 is 0 Å². The molecule has 0 bridgehead atoms. The Labute approximate surface area is 51.1 Å². The molecule has 1 aromatic rings. The zero-order valence-electron chi connectivity index (χ0n) is 3.86. The van der Waals surface area contributed by atoms with E-state index in [1.165, 1.54) is 12.1 Å². The number of halogens is 2. The fourth-order valence-corrected chi connectivity index (χ4v) is 0.432. The quantitative estimate of drug-likeness (QED) is 0.487. The molecular formula is C5H2ClFN. The van der Waals surface area contributed by atoms with Gasteiger partial charge in [-0.3, -0.25) is 0 Å². The van der Waals surface area contributed by atoms with Crippen molar-refractivity contribution in [1.29, 1.82) is 0 Å². The van der Waals surface area contributed by atoms with Gasteiger partial charge in [-0.15, -0.1) is 0 Å². The van der Waals surface area contributed by atoms with E-state index in [2.05, 4.69) is 11.2 Å². The van der Waals surface area contributed by atoms with Crippen LogP contribution in [0.1, 0.15) is 0 Å². The second-order valence-corrected chi connectivity index (χ2v) is 1.62. The molecular weight excluding hydrogens is 129 g/mol. The van der Waals surface area contributed by atoms with Gasteiger partial charge in [-0.2, -0.15) is 4.39 Å². The molecule has 0 N–H and O–H groups in total. The summed E-state index contributed by atoms with van der Waals surface area (Å²) in [6, 6.07) is 2.84. The third-order valence-corrected chi connectivity index (χ3v) is 0.946. The van der Waals surface area contributed by atoms with Crippen molar-refractivity contribution in [2.75, 3.05) is 0 Å². The van der Waals surface area contributed by atoms with Crippen molar-refractivity contribution < 1.29 is 4.39 Å². The fourth-order valence-electron chi connectivity index (χ4n) is 0.327. The van der Waals surface area contributed by atoms with Crippen LogP contribution in [-0.4, -0.2) is 4.98 Å². The Hall–Kier alpha value is -0.630. The molecule has 0 saturated carbocycles. The second kappa shape index (κ2) is 2.09. The predicted octanol–water partition coefficient (Wildman–Crippen LogP) is 1.67. The Balaban J connectivity index is 3.13. The lowest BCUT2D eigenvalue weighted by atomic mass is 10.5. The lowest BCUT2D eigenvalue weighted by molar-refractivity contribution is 0.583. The minimum atomic E-state index is -0.672. The van der Waals surface area contributed by atoms with E-state index in [-0.39, 0.29) is 5.02 Å². The minimum Gasteiger partial charge on any atom is -0.217 e. The van der Waals surface area contributed by atoms with Crippen LogP contribution in [0.25, 0.3) is 0 Å². The van der Waals surface area contributed by atoms with Crippen LogP contribution in [0.3, 0.4) is 0 Å². The first kappa shape index (κ1) is 5.51. The number of hydrogen-bond acceptors (Lipinski definition) is 1. The molecule has 1 rings (SSSR count). The topological polar surface area (TPSA) is 12.9 Å². The summed E-state index contributed by atoms with van der Waals surface area (Å²) in [6.07, 6.45) is 2.29. The molecule has 1 nitrogen and oxygen atoms in total. The van der Waals surface area contributed by atoms with Crippen LogP contribution in [0.15, 0.2) is 12.1 Å². The summed E-state index contributed by atoms with van der Waals surface area (Å²) in [5.41, 5.74) is 0. The van der Waals surface area contributed by atoms with Crippen molar-refractivity contribution in [3.05, 3.63) is 29.3 Å². The average molecular weight is 131 g/mol. The normalized spacial score (nSPS) is 9.25. The molecule has 1 radical (unpaired) electrons. The van der Waals surface area contributed by atoms with Crippen LogP contribution >= 0.6 is 11.6 Å². The first-order valence-corrected chi connectivity index (χ1v) is 2.36. The van der Waals surface area contributed by atoms with Crippen molar-refractivity contribution in [1.82, 2.24) is 4.98 Å². The van der Waals surface area contributed by atoms with Gasteiger partial charge in [0.25, 0.3) is 0 Å². The summed E-state index contributed by atoms with van der Waals surface area (Å²) in [7, 11) is 0. The first-order chi connectivity index (χ1) is 3.80. The maximum atomic E-state index is 12.0. The molecule has 8 heavy (non-hydrogen) atoms. The van der Waals surface area contributed by atoms with Crippen molar-refractivity contribution in [3.8, 4) is 0 Å². The van der Waals surface area contributed by atoms with E-state index < -0.39 is 5.95 Å². The SMILES string of the molecule is Fc1n[c]ccc1Cl. The van der Waals surface area contributed by atoms with Gasteiger partial charge in [0, 0.05) is 0 Å². The zero-order valence-corrected chi connectivity index (χ0v) is 4.61. The summed E-state index contributed by atoms with van der Waals surface area (Å²) in [6.45, 7) is 0. The molecule has 3 heteroatoms. The van der Waals surface area contributed by atoms with E-state index in [4.69, 9.17) is 11.6 Å². The third-order valence-electron chi connectivity index (χ3n) is 0.664. The van der Waals surface area contributed by atoms with Gasteiger partial charge < -0.3 is 0 Å². The summed E-state index contributed by atoms with van der Waals surface area (Å²) >= 11 is 5.25. The smallest absolute Gasteiger partial charge is 0.217 e. The van der Waals surface area contributed by atoms with E-state index in [0.717, 1.165) is 0 Å². The van der Waals surface area contributed by atoms with Gasteiger partial charge in [-0.05, 0) is 12.1 Å². The number of hydrogen-bond donors (Lipinski definition) is 0. The Morgan fingerprint density at radius 3 is 2.88 bits per heavy atom. The van der Waals surface area contributed by atoms with Crippen LogP contribution in [-0.2, 0) is 0 Å². The molecule has 0 aliphatic carbocycles. The van der Waals surface area contributed by atoms with Crippen LogP contribution in [0, 0.1) is 12.1 Å². The largest absolute Gasteiger partial charge is 0.232 e. The number of aromatic nitrogens is 1. The highest BCUT2D eigenvalue weighted by atomic mass is 35.5. The van der Waals surface area contributed by atoms with E-state index in [9.17, 15) is 4.39 Å². The maximum Gasteiger partial charge on any atom is 0.232 e. The van der Waals surface area contributed by atoms with Gasteiger partial charge in [0.1, 0.15) is 0 Å². The predicted molar refractivity (Wildman–Crippen MR) is 28.0 cm³/mol. The fraction of sp³-hybridized carbons (Fsp3) is 0. The first-order valence-electron chi connectivity index (χ1n) is 1.99. The van der Waals surface area contributed by atoms with Crippen molar-refractivity contribution >= 4 is 11.6 Å². The van der Waals surface area contributed by atoms with Gasteiger partial charge in [0.15, 0.2) is 0 Å². The highest BCUT2D eigenvalue weighted by Gasteiger charge is 1.93. The monoisotopic (exact) mass is 130 g/mol. The molecule has 0 aromatic carbocycles. The summed E-state index contributed by atoms with van der Waals surface area (Å²) < 4.78 is 12.0. The molecule has 0 atom stereocenters. The standard InChI is InChI=1S/C5H2ClFN/c6-4-2-1-3-8-5(4)7/h1-2H. The lowest BCUT2D eigenvalue weighted by Gasteiger charge is -1.85. The highest BCUT2D eigenvalue weighted by molar-refractivity contribution is 6.30. The second-order valence-electron chi connectivity index (χ2n) is 1.21. The molecule has 1 aromatic heterocycles. The maximum absolute atomic E-state index is 12.0. The molecule has 0 amide bonds. The molecule has 1 heterocycles. The van der Waals surface area contributed by atoms with E-state index in [0.29, 0.717) is 0 Å². The molecule has 0 aliphatic rings. The van der Waals surface area contributed by atoms with Crippen molar-refractivity contribution in [2.45, 2.75) is 0 Å². The Kier molecular flexibility index (Phi) is 1.44. The van der Waals surface area contributed by atoms with Gasteiger partial charge in [-0.25, -0.2) is 4.98 Å². The zero-order chi connectivity index (χ0) is 5.98. The number of nitrogens with zero attached hydrogens (tertiary/aromatic N) is 1. The molecule has 0 spiro atoms. The van der Waals surface area contributed by atoms with E-state index in [1.54, 1.807) is 0 Å². The van der Waals surface area contributed by atoms with Gasteiger partial charge in [-0.1, -0.05) is 11.6 Å². The van der Waals surface area contributed by atoms with Crippen LogP contribution in [0.2, 0.25) is 5.02 Å². The number of rotatable bonds is 0. The molecule has 0 fully saturated rings. The Morgan fingerprint density at radius 1 is 1.75 bits per heavy atom. The van der Waals surface area contributed by atoms with Gasteiger partial charge in [0.05, 0.1) is 11.2 Å². The van der Waals surface area contributed by atoms with E-state index >= 15 is 0 Å². The molecule has 0 unspecified atom stereocenters. The van der Waals surface area contributed by atoms with Crippen LogP contribution in [0.4, 0.5) is 4.39 Å². The highest BCUT2D eigenvalue weighted by Crippen LogP contribution is 2.07. The summed E-state index contributed by atoms with van der Waals surface area (Å²) in [5, 5.41) is 0.0313. The summed E-state index contributed by atoms with van der Waals surface area (Å²) in [4.78, 5) is 3.16. The molecule has 41 valence electrons.